The summed E-state index contributed by atoms with van der Waals surface area (Å²) in [6.07, 6.45) is 4.66. The number of aromatic nitrogens is 4. The minimum absolute atomic E-state index is 0.0775. The summed E-state index contributed by atoms with van der Waals surface area (Å²) < 4.78 is 33.7. The van der Waals surface area contributed by atoms with Gasteiger partial charge in [0, 0.05) is 25.7 Å². The first-order chi connectivity index (χ1) is 13.6. The van der Waals surface area contributed by atoms with E-state index in [1.54, 1.807) is 18.1 Å². The van der Waals surface area contributed by atoms with E-state index < -0.39 is 12.1 Å². The van der Waals surface area contributed by atoms with Gasteiger partial charge in [-0.2, -0.15) is 0 Å². The molecule has 2 aromatic heterocycles. The zero-order valence-corrected chi connectivity index (χ0v) is 16.0. The van der Waals surface area contributed by atoms with Crippen LogP contribution in [0.2, 0.25) is 0 Å². The molecule has 1 fully saturated rings. The van der Waals surface area contributed by atoms with Crippen LogP contribution in [0.4, 0.5) is 14.6 Å². The lowest BCUT2D eigenvalue weighted by atomic mass is 10.2. The molecule has 0 bridgehead atoms. The summed E-state index contributed by atoms with van der Waals surface area (Å²) in [5, 5.41) is 7.14. The molecule has 1 atom stereocenters. The summed E-state index contributed by atoms with van der Waals surface area (Å²) in [5.41, 5.74) is 0.521. The third kappa shape index (κ3) is 5.33. The van der Waals surface area contributed by atoms with E-state index in [1.807, 2.05) is 12.3 Å². The molecule has 28 heavy (non-hydrogen) atoms. The Bertz CT molecular complexity index is 829. The lowest BCUT2D eigenvalue weighted by Crippen LogP contribution is -2.46. The van der Waals surface area contributed by atoms with Crippen LogP contribution in [0.25, 0.3) is 17.5 Å². The number of morpholine rings is 1. The number of halogens is 2. The standard InChI is InChI=1S/C17H21F2N7OS/c1-28-24-7-11-9-26(4-5-27-11)16-6-13(22-10-23-16)14-8-21-15(25-14)3-2-12(20)17(18)19/h2-3,6,8,10-11,17,20,24H,4-5,7,9H2,1H3,(H,21,25)/b3-2-,20-12?. The van der Waals surface area contributed by atoms with E-state index in [-0.39, 0.29) is 6.10 Å². The van der Waals surface area contributed by atoms with Gasteiger partial charge in [0.2, 0.25) is 0 Å². The first-order valence-corrected chi connectivity index (χ1v) is 9.83. The molecule has 8 nitrogen and oxygen atoms in total. The lowest BCUT2D eigenvalue weighted by Gasteiger charge is -2.33. The highest BCUT2D eigenvalue weighted by atomic mass is 32.2. The molecule has 0 radical (unpaired) electrons. The van der Waals surface area contributed by atoms with Crippen molar-refractivity contribution in [3.8, 4) is 11.4 Å². The highest BCUT2D eigenvalue weighted by molar-refractivity contribution is 7.96. The van der Waals surface area contributed by atoms with E-state index in [9.17, 15) is 8.78 Å². The van der Waals surface area contributed by atoms with Gasteiger partial charge in [0.15, 0.2) is 0 Å². The Morgan fingerprint density at radius 1 is 1.50 bits per heavy atom. The largest absolute Gasteiger partial charge is 0.373 e. The Kier molecular flexibility index (Phi) is 7.06. The maximum atomic E-state index is 12.4. The van der Waals surface area contributed by atoms with E-state index in [4.69, 9.17) is 10.1 Å². The fourth-order valence-corrected chi connectivity index (χ4v) is 3.04. The molecule has 3 heterocycles. The van der Waals surface area contributed by atoms with Crippen molar-refractivity contribution >= 4 is 29.6 Å². The smallest absolute Gasteiger partial charge is 0.279 e. The summed E-state index contributed by atoms with van der Waals surface area (Å²) in [6, 6.07) is 1.85. The number of alkyl halides is 2. The van der Waals surface area contributed by atoms with Gasteiger partial charge in [0.25, 0.3) is 6.43 Å². The van der Waals surface area contributed by atoms with E-state index in [0.29, 0.717) is 23.8 Å². The summed E-state index contributed by atoms with van der Waals surface area (Å²) in [6.45, 7) is 2.82. The lowest BCUT2D eigenvalue weighted by molar-refractivity contribution is 0.0444. The van der Waals surface area contributed by atoms with E-state index >= 15 is 0 Å². The van der Waals surface area contributed by atoms with Gasteiger partial charge in [0.1, 0.15) is 18.0 Å². The predicted molar refractivity (Wildman–Crippen MR) is 106 cm³/mol. The summed E-state index contributed by atoms with van der Waals surface area (Å²) in [5.74, 6) is 1.16. The topological polar surface area (TPSA) is 103 Å². The minimum Gasteiger partial charge on any atom is -0.373 e. The Morgan fingerprint density at radius 3 is 3.14 bits per heavy atom. The molecular formula is C17H21F2N7OS. The molecule has 11 heteroatoms. The Morgan fingerprint density at radius 2 is 2.36 bits per heavy atom. The Hall–Kier alpha value is -2.37. The van der Waals surface area contributed by atoms with Gasteiger partial charge in [-0.05, 0) is 18.4 Å². The molecule has 1 unspecified atom stereocenters. The highest BCUT2D eigenvalue weighted by Crippen LogP contribution is 2.21. The maximum absolute atomic E-state index is 12.4. The monoisotopic (exact) mass is 409 g/mol. The van der Waals surface area contributed by atoms with Crippen LogP contribution in [0.15, 0.2) is 24.7 Å². The van der Waals surface area contributed by atoms with Crippen LogP contribution < -0.4 is 9.62 Å². The van der Waals surface area contributed by atoms with Gasteiger partial charge in [-0.1, -0.05) is 11.9 Å². The molecule has 3 N–H and O–H groups in total. The summed E-state index contributed by atoms with van der Waals surface area (Å²) in [4.78, 5) is 17.9. The quantitative estimate of drug-likeness (QED) is 0.454. The number of imidazole rings is 1. The maximum Gasteiger partial charge on any atom is 0.279 e. The Balaban J connectivity index is 1.70. The van der Waals surface area contributed by atoms with Crippen LogP contribution in [0.5, 0.6) is 0 Å². The average molecular weight is 409 g/mol. The second-order valence-corrected chi connectivity index (χ2v) is 6.72. The number of allylic oxidation sites excluding steroid dienone is 1. The molecule has 2 aromatic rings. The second-order valence-electron chi connectivity index (χ2n) is 6.02. The highest BCUT2D eigenvalue weighted by Gasteiger charge is 2.21. The average Bonchev–Trinajstić information content (AvgIpc) is 3.20. The molecule has 1 aliphatic rings. The van der Waals surface area contributed by atoms with Crippen LogP contribution >= 0.6 is 11.9 Å². The van der Waals surface area contributed by atoms with Gasteiger partial charge >= 0.3 is 0 Å². The SMILES string of the molecule is CSNCC1CN(c2cc(-c3cnc(/C=C\C(=N)C(F)F)[nH]3)ncn2)CCO1. The molecule has 1 saturated heterocycles. The number of nitrogens with one attached hydrogen (secondary N) is 3. The molecule has 150 valence electrons. The summed E-state index contributed by atoms with van der Waals surface area (Å²) >= 11 is 1.56. The molecule has 0 aliphatic carbocycles. The number of nitrogens with zero attached hydrogens (tertiary/aromatic N) is 4. The molecule has 1 aliphatic heterocycles. The molecule has 0 saturated carbocycles. The van der Waals surface area contributed by atoms with Crippen molar-refractivity contribution in [2.45, 2.75) is 12.5 Å². The van der Waals surface area contributed by atoms with Crippen molar-refractivity contribution < 1.29 is 13.5 Å². The minimum atomic E-state index is -2.81. The van der Waals surface area contributed by atoms with Crippen LogP contribution in [0.1, 0.15) is 5.82 Å². The molecule has 0 spiro atoms. The number of H-pyrrole nitrogens is 1. The number of hydrogen-bond acceptors (Lipinski definition) is 8. The van der Waals surface area contributed by atoms with Gasteiger partial charge in [0.05, 0.1) is 36.0 Å². The van der Waals surface area contributed by atoms with Crippen molar-refractivity contribution in [1.82, 2.24) is 24.7 Å². The van der Waals surface area contributed by atoms with Gasteiger partial charge in [-0.25, -0.2) is 23.7 Å². The van der Waals surface area contributed by atoms with Crippen LogP contribution in [0, 0.1) is 5.41 Å². The molecule has 3 rings (SSSR count). The second kappa shape index (κ2) is 9.71. The molecule has 0 amide bonds. The number of anilines is 1. The first kappa shape index (κ1) is 20.4. The zero-order valence-electron chi connectivity index (χ0n) is 15.2. The van der Waals surface area contributed by atoms with Gasteiger partial charge < -0.3 is 14.6 Å². The van der Waals surface area contributed by atoms with Crippen LogP contribution in [-0.2, 0) is 4.74 Å². The van der Waals surface area contributed by atoms with E-state index in [1.165, 1.54) is 12.4 Å². The number of rotatable bonds is 8. The molecular weight excluding hydrogens is 388 g/mol. The molecule has 0 aromatic carbocycles. The van der Waals surface area contributed by atoms with Crippen LogP contribution in [0.3, 0.4) is 0 Å². The normalized spacial score (nSPS) is 17.6. The Labute approximate surface area is 165 Å². The van der Waals surface area contributed by atoms with Crippen molar-refractivity contribution in [2.24, 2.45) is 0 Å². The van der Waals surface area contributed by atoms with E-state index in [2.05, 4.69) is 29.6 Å². The first-order valence-electron chi connectivity index (χ1n) is 8.61. The number of aromatic amines is 1. The van der Waals surface area contributed by atoms with Crippen molar-refractivity contribution in [3.05, 3.63) is 30.5 Å². The van der Waals surface area contributed by atoms with Gasteiger partial charge in [-0.3, -0.25) is 10.1 Å². The fourth-order valence-electron chi connectivity index (χ4n) is 2.69. The van der Waals surface area contributed by atoms with Crippen molar-refractivity contribution in [1.29, 1.82) is 5.41 Å². The zero-order chi connectivity index (χ0) is 19.9. The third-order valence-electron chi connectivity index (χ3n) is 4.10. The summed E-state index contributed by atoms with van der Waals surface area (Å²) in [7, 11) is 0. The van der Waals surface area contributed by atoms with Crippen LogP contribution in [-0.4, -0.2) is 70.7 Å². The van der Waals surface area contributed by atoms with Crippen molar-refractivity contribution in [3.63, 3.8) is 0 Å². The van der Waals surface area contributed by atoms with Gasteiger partial charge in [-0.15, -0.1) is 0 Å². The third-order valence-corrected chi connectivity index (χ3v) is 4.55. The predicted octanol–water partition coefficient (Wildman–Crippen LogP) is 2.24. The van der Waals surface area contributed by atoms with E-state index in [0.717, 1.165) is 31.5 Å². The number of ether oxygens (including phenoxy) is 1. The fraction of sp³-hybridized carbons (Fsp3) is 0.412. The van der Waals surface area contributed by atoms with Crippen molar-refractivity contribution in [2.75, 3.05) is 37.4 Å². The number of hydrogen-bond donors (Lipinski definition) is 3.